The predicted molar refractivity (Wildman–Crippen MR) is 97.2 cm³/mol. The molecule has 0 spiro atoms. The van der Waals surface area contributed by atoms with Crippen LogP contribution >= 0.6 is 11.6 Å². The highest BCUT2D eigenvalue weighted by Gasteiger charge is 2.34. The number of morpholine rings is 1. The summed E-state index contributed by atoms with van der Waals surface area (Å²) in [4.78, 5) is 19.1. The second-order valence-electron chi connectivity index (χ2n) is 6.53. The second kappa shape index (κ2) is 7.33. The molecule has 1 aliphatic heterocycles. The number of hydrogen-bond donors (Lipinski definition) is 0. The first-order valence-electron chi connectivity index (χ1n) is 8.61. The normalized spacial score (nSPS) is 17.1. The van der Waals surface area contributed by atoms with Crippen molar-refractivity contribution < 1.29 is 18.4 Å². The summed E-state index contributed by atoms with van der Waals surface area (Å²) in [5, 5.41) is 8.15. The summed E-state index contributed by atoms with van der Waals surface area (Å²) < 4.78 is 26.2. The van der Waals surface area contributed by atoms with Crippen molar-refractivity contribution in [1.82, 2.24) is 24.8 Å². The predicted octanol–water partition coefficient (Wildman–Crippen LogP) is 2.78. The van der Waals surface area contributed by atoms with Gasteiger partial charge in [-0.1, -0.05) is 16.8 Å². The van der Waals surface area contributed by atoms with Crippen LogP contribution in [0.3, 0.4) is 0 Å². The van der Waals surface area contributed by atoms with E-state index in [1.807, 2.05) is 0 Å². The maximum Gasteiger partial charge on any atom is 0.261 e. The van der Waals surface area contributed by atoms with Crippen LogP contribution in [0.1, 0.15) is 27.8 Å². The van der Waals surface area contributed by atoms with Gasteiger partial charge >= 0.3 is 0 Å². The van der Waals surface area contributed by atoms with E-state index >= 15 is 0 Å². The van der Waals surface area contributed by atoms with Crippen LogP contribution in [0.5, 0.6) is 0 Å². The molecule has 8 nitrogen and oxygen atoms in total. The van der Waals surface area contributed by atoms with Crippen molar-refractivity contribution in [2.24, 2.45) is 7.05 Å². The highest BCUT2D eigenvalue weighted by atomic mass is 35.5. The van der Waals surface area contributed by atoms with Crippen molar-refractivity contribution in [2.45, 2.75) is 13.0 Å². The van der Waals surface area contributed by atoms with Gasteiger partial charge in [-0.3, -0.25) is 9.48 Å². The Morgan fingerprint density at radius 3 is 2.96 bits per heavy atom. The van der Waals surface area contributed by atoms with Gasteiger partial charge in [0, 0.05) is 19.8 Å². The molecule has 3 heterocycles. The van der Waals surface area contributed by atoms with Gasteiger partial charge in [-0.05, 0) is 24.6 Å². The molecule has 0 N–H and O–H groups in total. The van der Waals surface area contributed by atoms with Crippen molar-refractivity contribution in [3.05, 3.63) is 52.3 Å². The molecule has 4 rings (SSSR count). The lowest BCUT2D eigenvalue weighted by molar-refractivity contribution is -0.00576. The van der Waals surface area contributed by atoms with E-state index in [0.717, 1.165) is 6.07 Å². The second-order valence-corrected chi connectivity index (χ2v) is 6.94. The van der Waals surface area contributed by atoms with Crippen LogP contribution in [0, 0.1) is 12.7 Å². The molecular formula is C18H17ClFN5O3. The third-order valence-electron chi connectivity index (χ3n) is 4.56. The highest BCUT2D eigenvalue weighted by molar-refractivity contribution is 6.33. The van der Waals surface area contributed by atoms with E-state index in [1.165, 1.54) is 6.07 Å². The number of amides is 1. The van der Waals surface area contributed by atoms with E-state index in [4.69, 9.17) is 20.9 Å². The zero-order valence-corrected chi connectivity index (χ0v) is 16.0. The average molecular weight is 406 g/mol. The lowest BCUT2D eigenvalue weighted by atomic mass is 10.1. The zero-order valence-electron chi connectivity index (χ0n) is 15.2. The topological polar surface area (TPSA) is 86.3 Å². The molecule has 0 saturated carbocycles. The van der Waals surface area contributed by atoms with Crippen LogP contribution in [0.25, 0.3) is 11.5 Å². The fourth-order valence-corrected chi connectivity index (χ4v) is 3.29. The number of aromatic nitrogens is 4. The van der Waals surface area contributed by atoms with E-state index in [1.54, 1.807) is 35.9 Å². The number of rotatable bonds is 3. The SMILES string of the molecule is Cc1cc(C(=O)N2CCOCC2c2noc(-c3cnn(C)c3)n2)c(Cl)cc1F. The Balaban J connectivity index is 1.64. The summed E-state index contributed by atoms with van der Waals surface area (Å²) >= 11 is 6.12. The van der Waals surface area contributed by atoms with Crippen LogP contribution in [0.4, 0.5) is 4.39 Å². The van der Waals surface area contributed by atoms with Crippen molar-refractivity contribution >= 4 is 17.5 Å². The molecule has 28 heavy (non-hydrogen) atoms. The van der Waals surface area contributed by atoms with Crippen LogP contribution in [0.15, 0.2) is 29.0 Å². The molecule has 0 bridgehead atoms. The Bertz CT molecular complexity index is 1030. The summed E-state index contributed by atoms with van der Waals surface area (Å²) in [7, 11) is 1.78. The number of nitrogens with zero attached hydrogens (tertiary/aromatic N) is 5. The first-order chi connectivity index (χ1) is 13.4. The maximum atomic E-state index is 13.7. The Hall–Kier alpha value is -2.78. The van der Waals surface area contributed by atoms with Crippen molar-refractivity contribution in [2.75, 3.05) is 19.8 Å². The number of aryl methyl sites for hydroxylation is 2. The van der Waals surface area contributed by atoms with Gasteiger partial charge in [0.2, 0.25) is 0 Å². The number of halogens is 2. The van der Waals surface area contributed by atoms with Crippen LogP contribution < -0.4 is 0 Å². The minimum absolute atomic E-state index is 0.0579. The number of carbonyl (C=O) groups is 1. The average Bonchev–Trinajstić information content (AvgIpc) is 3.33. The molecule has 1 aromatic carbocycles. The highest BCUT2D eigenvalue weighted by Crippen LogP contribution is 2.29. The van der Waals surface area contributed by atoms with E-state index < -0.39 is 11.9 Å². The van der Waals surface area contributed by atoms with E-state index in [0.29, 0.717) is 36.0 Å². The third-order valence-corrected chi connectivity index (χ3v) is 4.87. The quantitative estimate of drug-likeness (QED) is 0.666. The fraction of sp³-hybridized carbons (Fsp3) is 0.333. The molecule has 1 aliphatic rings. The van der Waals surface area contributed by atoms with Gasteiger partial charge in [0.15, 0.2) is 5.82 Å². The maximum absolute atomic E-state index is 13.7. The molecule has 0 radical (unpaired) electrons. The Kier molecular flexibility index (Phi) is 4.86. The molecule has 2 aromatic heterocycles. The van der Waals surface area contributed by atoms with Gasteiger partial charge in [0.1, 0.15) is 11.9 Å². The number of ether oxygens (including phenoxy) is 1. The van der Waals surface area contributed by atoms with Crippen molar-refractivity contribution in [1.29, 1.82) is 0 Å². The molecule has 1 unspecified atom stereocenters. The molecule has 10 heteroatoms. The molecule has 0 aliphatic carbocycles. The third kappa shape index (κ3) is 3.38. The molecular weight excluding hydrogens is 389 g/mol. The smallest absolute Gasteiger partial charge is 0.261 e. The Morgan fingerprint density at radius 1 is 1.39 bits per heavy atom. The summed E-state index contributed by atoms with van der Waals surface area (Å²) in [5.74, 6) is -0.174. The minimum atomic E-state index is -0.545. The summed E-state index contributed by atoms with van der Waals surface area (Å²) in [5.41, 5.74) is 1.24. The van der Waals surface area contributed by atoms with Gasteiger partial charge < -0.3 is 14.2 Å². The molecule has 3 aromatic rings. The first kappa shape index (κ1) is 18.6. The van der Waals surface area contributed by atoms with Crippen LogP contribution in [-0.4, -0.2) is 50.5 Å². The Morgan fingerprint density at radius 2 is 2.21 bits per heavy atom. The van der Waals surface area contributed by atoms with E-state index in [9.17, 15) is 9.18 Å². The van der Waals surface area contributed by atoms with Gasteiger partial charge in [0.05, 0.1) is 35.6 Å². The standard InChI is InChI=1S/C18H17ClFN5O3/c1-10-5-12(13(19)6-14(10)20)18(26)25-3-4-27-9-15(25)16-22-17(28-23-16)11-7-21-24(2)8-11/h5-8,15H,3-4,9H2,1-2H3. The van der Waals surface area contributed by atoms with Crippen molar-refractivity contribution in [3.63, 3.8) is 0 Å². The summed E-state index contributed by atoms with van der Waals surface area (Å²) in [6.07, 6.45) is 3.36. The van der Waals surface area contributed by atoms with Crippen molar-refractivity contribution in [3.8, 4) is 11.5 Å². The summed E-state index contributed by atoms with van der Waals surface area (Å²) in [6.45, 7) is 2.49. The minimum Gasteiger partial charge on any atom is -0.377 e. The van der Waals surface area contributed by atoms with Gasteiger partial charge in [-0.15, -0.1) is 0 Å². The molecule has 146 valence electrons. The molecule has 1 atom stereocenters. The monoisotopic (exact) mass is 405 g/mol. The largest absolute Gasteiger partial charge is 0.377 e. The van der Waals surface area contributed by atoms with Gasteiger partial charge in [0.25, 0.3) is 11.8 Å². The first-order valence-corrected chi connectivity index (χ1v) is 8.99. The lowest BCUT2D eigenvalue weighted by Gasteiger charge is -2.34. The summed E-state index contributed by atoms with van der Waals surface area (Å²) in [6, 6.07) is 2.05. The van der Waals surface area contributed by atoms with Crippen LogP contribution in [-0.2, 0) is 11.8 Å². The van der Waals surface area contributed by atoms with E-state index in [-0.39, 0.29) is 23.1 Å². The fourth-order valence-electron chi connectivity index (χ4n) is 3.06. The lowest BCUT2D eigenvalue weighted by Crippen LogP contribution is -2.44. The number of benzene rings is 1. The zero-order chi connectivity index (χ0) is 19.8. The number of carbonyl (C=O) groups excluding carboxylic acids is 1. The molecule has 1 fully saturated rings. The molecule has 1 amide bonds. The Labute approximate surface area is 164 Å². The number of hydrogen-bond acceptors (Lipinski definition) is 6. The van der Waals surface area contributed by atoms with Gasteiger partial charge in [-0.2, -0.15) is 10.1 Å². The molecule has 1 saturated heterocycles. The van der Waals surface area contributed by atoms with Crippen LogP contribution in [0.2, 0.25) is 5.02 Å². The van der Waals surface area contributed by atoms with E-state index in [2.05, 4.69) is 15.2 Å². The van der Waals surface area contributed by atoms with Gasteiger partial charge in [-0.25, -0.2) is 4.39 Å².